The van der Waals surface area contributed by atoms with Gasteiger partial charge >= 0.3 is 0 Å². The Balaban J connectivity index is 2.47. The largest absolute Gasteiger partial charge is 0.204 e. The Morgan fingerprint density at radius 2 is 1.93 bits per heavy atom. The molecule has 0 fully saturated rings. The number of benzene rings is 1. The van der Waals surface area contributed by atoms with E-state index >= 15 is 0 Å². The number of halogens is 3. The van der Waals surface area contributed by atoms with Crippen LogP contribution in [0.25, 0.3) is 0 Å². The molecule has 84 valence electrons. The number of aryl methyl sites for hydroxylation is 1. The molecule has 1 aromatic carbocycles. The average molecular weight is 277 g/mol. The van der Waals surface area contributed by atoms with E-state index in [0.29, 0.717) is 4.83 Å². The summed E-state index contributed by atoms with van der Waals surface area (Å²) in [6, 6.07) is 4.11. The topological polar surface area (TPSA) is 0 Å². The van der Waals surface area contributed by atoms with Gasteiger partial charge in [0.05, 0.1) is 0 Å². The van der Waals surface area contributed by atoms with Crippen molar-refractivity contribution in [3.63, 3.8) is 0 Å². The van der Waals surface area contributed by atoms with E-state index in [1.165, 1.54) is 12.1 Å². The maximum absolute atomic E-state index is 12.9. The van der Waals surface area contributed by atoms with Crippen molar-refractivity contribution in [1.82, 2.24) is 0 Å². The number of alkyl halides is 1. The Hall–Kier alpha value is -0.440. The molecule has 0 heterocycles. The second-order valence-electron chi connectivity index (χ2n) is 3.67. The molecule has 15 heavy (non-hydrogen) atoms. The summed E-state index contributed by atoms with van der Waals surface area (Å²) in [6.07, 6.45) is 3.99. The standard InChI is InChI=1S/C12H15BrF2/c1-2-3-10(13)6-4-9-5-7-11(14)12(15)8-9/h5,7-8,10H,2-4,6H2,1H3. The summed E-state index contributed by atoms with van der Waals surface area (Å²) in [5.41, 5.74) is 0.856. The van der Waals surface area contributed by atoms with Gasteiger partial charge in [-0.3, -0.25) is 0 Å². The summed E-state index contributed by atoms with van der Waals surface area (Å²) in [7, 11) is 0. The minimum absolute atomic E-state index is 0.468. The van der Waals surface area contributed by atoms with Crippen molar-refractivity contribution in [2.24, 2.45) is 0 Å². The molecule has 1 unspecified atom stereocenters. The van der Waals surface area contributed by atoms with Gasteiger partial charge in [0, 0.05) is 4.83 Å². The van der Waals surface area contributed by atoms with Crippen molar-refractivity contribution in [3.8, 4) is 0 Å². The average Bonchev–Trinajstić information content (AvgIpc) is 2.20. The number of hydrogen-bond donors (Lipinski definition) is 0. The fraction of sp³-hybridized carbons (Fsp3) is 0.500. The van der Waals surface area contributed by atoms with E-state index in [2.05, 4.69) is 22.9 Å². The molecule has 0 bridgehead atoms. The third-order valence-corrected chi connectivity index (χ3v) is 3.25. The van der Waals surface area contributed by atoms with E-state index in [-0.39, 0.29) is 0 Å². The van der Waals surface area contributed by atoms with Gasteiger partial charge in [-0.1, -0.05) is 35.3 Å². The van der Waals surface area contributed by atoms with Crippen molar-refractivity contribution in [2.75, 3.05) is 0 Å². The zero-order valence-electron chi connectivity index (χ0n) is 8.77. The molecule has 1 aromatic rings. The van der Waals surface area contributed by atoms with Crippen LogP contribution in [0.2, 0.25) is 0 Å². The first-order valence-electron chi connectivity index (χ1n) is 5.21. The van der Waals surface area contributed by atoms with Crippen LogP contribution in [-0.4, -0.2) is 4.83 Å². The Labute approximate surface area is 97.8 Å². The first-order chi connectivity index (χ1) is 7.13. The first-order valence-corrected chi connectivity index (χ1v) is 6.13. The molecule has 0 N–H and O–H groups in total. The minimum atomic E-state index is -0.775. The van der Waals surface area contributed by atoms with Gasteiger partial charge < -0.3 is 0 Å². The van der Waals surface area contributed by atoms with Crippen LogP contribution < -0.4 is 0 Å². The SMILES string of the molecule is CCCC(Br)CCc1ccc(F)c(F)c1. The summed E-state index contributed by atoms with van der Waals surface area (Å²) in [6.45, 7) is 2.13. The highest BCUT2D eigenvalue weighted by Crippen LogP contribution is 2.17. The second kappa shape index (κ2) is 6.21. The van der Waals surface area contributed by atoms with E-state index in [9.17, 15) is 8.78 Å². The van der Waals surface area contributed by atoms with E-state index in [0.717, 1.165) is 31.2 Å². The van der Waals surface area contributed by atoms with Gasteiger partial charge in [0.15, 0.2) is 11.6 Å². The normalized spacial score (nSPS) is 12.8. The molecule has 3 heteroatoms. The van der Waals surface area contributed by atoms with Crippen LogP contribution in [0, 0.1) is 11.6 Å². The summed E-state index contributed by atoms with van der Waals surface area (Å²) >= 11 is 3.56. The molecule has 0 amide bonds. The summed E-state index contributed by atoms with van der Waals surface area (Å²) < 4.78 is 25.5. The van der Waals surface area contributed by atoms with Crippen molar-refractivity contribution in [1.29, 1.82) is 0 Å². The highest BCUT2D eigenvalue weighted by molar-refractivity contribution is 9.09. The van der Waals surface area contributed by atoms with Crippen molar-refractivity contribution in [2.45, 2.75) is 37.4 Å². The highest BCUT2D eigenvalue weighted by atomic mass is 79.9. The number of hydrogen-bond acceptors (Lipinski definition) is 0. The van der Waals surface area contributed by atoms with Crippen LogP contribution in [0.4, 0.5) is 8.78 Å². The van der Waals surface area contributed by atoms with Crippen LogP contribution >= 0.6 is 15.9 Å². The first kappa shape index (κ1) is 12.6. The smallest absolute Gasteiger partial charge is 0.159 e. The van der Waals surface area contributed by atoms with Crippen LogP contribution in [0.3, 0.4) is 0 Å². The summed E-state index contributed by atoms with van der Waals surface area (Å²) in [5.74, 6) is -1.53. The fourth-order valence-electron chi connectivity index (χ4n) is 1.48. The molecule has 0 radical (unpaired) electrons. The quantitative estimate of drug-likeness (QED) is 0.697. The van der Waals surface area contributed by atoms with Gasteiger partial charge in [-0.25, -0.2) is 8.78 Å². The van der Waals surface area contributed by atoms with Gasteiger partial charge in [-0.2, -0.15) is 0 Å². The fourth-order valence-corrected chi connectivity index (χ4v) is 2.16. The Kier molecular flexibility index (Phi) is 5.23. The molecule has 0 spiro atoms. The molecule has 0 aliphatic carbocycles. The van der Waals surface area contributed by atoms with Gasteiger partial charge in [-0.15, -0.1) is 0 Å². The van der Waals surface area contributed by atoms with Crippen LogP contribution in [0.5, 0.6) is 0 Å². The zero-order valence-corrected chi connectivity index (χ0v) is 10.4. The lowest BCUT2D eigenvalue weighted by molar-refractivity contribution is 0.506. The predicted molar refractivity (Wildman–Crippen MR) is 62.3 cm³/mol. The molecule has 1 atom stereocenters. The predicted octanol–water partition coefficient (Wildman–Crippen LogP) is 4.46. The zero-order chi connectivity index (χ0) is 11.3. The molecule has 0 saturated carbocycles. The Morgan fingerprint density at radius 3 is 2.53 bits per heavy atom. The van der Waals surface area contributed by atoms with Crippen molar-refractivity contribution < 1.29 is 8.78 Å². The molecular weight excluding hydrogens is 262 g/mol. The maximum atomic E-state index is 12.9. The van der Waals surface area contributed by atoms with Crippen molar-refractivity contribution >= 4 is 15.9 Å². The molecular formula is C12H15BrF2. The lowest BCUT2D eigenvalue weighted by Crippen LogP contribution is -2.00. The maximum Gasteiger partial charge on any atom is 0.159 e. The third-order valence-electron chi connectivity index (χ3n) is 2.33. The Bertz CT molecular complexity index is 312. The molecule has 0 saturated heterocycles. The minimum Gasteiger partial charge on any atom is -0.204 e. The monoisotopic (exact) mass is 276 g/mol. The molecule has 0 aliphatic rings. The van der Waals surface area contributed by atoms with E-state index in [1.54, 1.807) is 6.07 Å². The highest BCUT2D eigenvalue weighted by Gasteiger charge is 2.06. The van der Waals surface area contributed by atoms with E-state index in [1.807, 2.05) is 0 Å². The third kappa shape index (κ3) is 4.29. The van der Waals surface area contributed by atoms with E-state index < -0.39 is 11.6 Å². The molecule has 0 aliphatic heterocycles. The molecule has 0 aromatic heterocycles. The second-order valence-corrected chi connectivity index (χ2v) is 4.97. The lowest BCUT2D eigenvalue weighted by Gasteiger charge is -2.08. The van der Waals surface area contributed by atoms with Crippen LogP contribution in [0.15, 0.2) is 18.2 Å². The van der Waals surface area contributed by atoms with Gasteiger partial charge in [-0.05, 0) is 37.0 Å². The Morgan fingerprint density at radius 1 is 1.20 bits per heavy atom. The van der Waals surface area contributed by atoms with Crippen molar-refractivity contribution in [3.05, 3.63) is 35.4 Å². The van der Waals surface area contributed by atoms with Gasteiger partial charge in [0.1, 0.15) is 0 Å². The van der Waals surface area contributed by atoms with E-state index in [4.69, 9.17) is 0 Å². The van der Waals surface area contributed by atoms with Gasteiger partial charge in [0.25, 0.3) is 0 Å². The van der Waals surface area contributed by atoms with Gasteiger partial charge in [0.2, 0.25) is 0 Å². The summed E-state index contributed by atoms with van der Waals surface area (Å²) in [4.78, 5) is 0.468. The van der Waals surface area contributed by atoms with Crippen LogP contribution in [0.1, 0.15) is 31.7 Å². The number of rotatable bonds is 5. The summed E-state index contributed by atoms with van der Waals surface area (Å²) in [5, 5.41) is 0. The lowest BCUT2D eigenvalue weighted by atomic mass is 10.1. The molecule has 0 nitrogen and oxygen atoms in total. The van der Waals surface area contributed by atoms with Crippen LogP contribution in [-0.2, 0) is 6.42 Å². The molecule has 1 rings (SSSR count).